The molecule has 0 saturated carbocycles. The molecule has 0 aliphatic carbocycles. The molecule has 0 radical (unpaired) electrons. The van der Waals surface area contributed by atoms with Crippen molar-refractivity contribution < 1.29 is 0 Å². The zero-order valence-electron chi connectivity index (χ0n) is 12.4. The van der Waals surface area contributed by atoms with Crippen LogP contribution in [0.25, 0.3) is 0 Å². The normalized spacial score (nSPS) is 13.3. The van der Waals surface area contributed by atoms with Crippen LogP contribution in [0.1, 0.15) is 57.7 Å². The van der Waals surface area contributed by atoms with Gasteiger partial charge in [-0.25, -0.2) is 0 Å². The highest BCUT2D eigenvalue weighted by Gasteiger charge is 2.11. The van der Waals surface area contributed by atoms with Gasteiger partial charge in [-0.1, -0.05) is 58.9 Å². The van der Waals surface area contributed by atoms with Gasteiger partial charge in [-0.15, -0.1) is 0 Å². The Kier molecular flexibility index (Phi) is 6.80. The van der Waals surface area contributed by atoms with Crippen molar-refractivity contribution in [3.05, 3.63) is 35.4 Å². The Hall–Kier alpha value is -0.470. The predicted octanol–water partition coefficient (Wildman–Crippen LogP) is 4.60. The van der Waals surface area contributed by atoms with Crippen molar-refractivity contribution in [3.63, 3.8) is 0 Å². The predicted molar refractivity (Wildman–Crippen MR) is 84.5 cm³/mol. The van der Waals surface area contributed by atoms with Crippen molar-refractivity contribution in [2.24, 2.45) is 0 Å². The SMILES string of the molecule is CCNC(CSC(C)C)c1ccc(C(C)C)cc1. The Bertz CT molecular complexity index is 329. The number of thioether (sulfide) groups is 1. The first-order chi connectivity index (χ1) is 8.54. The molecular formula is C16H27NS. The number of hydrogen-bond acceptors (Lipinski definition) is 2. The molecule has 0 amide bonds. The van der Waals surface area contributed by atoms with Crippen molar-refractivity contribution in [1.82, 2.24) is 5.32 Å². The van der Waals surface area contributed by atoms with E-state index in [1.807, 2.05) is 11.8 Å². The smallest absolute Gasteiger partial charge is 0.0411 e. The molecule has 1 N–H and O–H groups in total. The Morgan fingerprint density at radius 3 is 2.00 bits per heavy atom. The van der Waals surface area contributed by atoms with E-state index in [4.69, 9.17) is 0 Å². The van der Waals surface area contributed by atoms with Crippen LogP contribution in [0.3, 0.4) is 0 Å². The molecule has 1 unspecified atom stereocenters. The molecule has 1 aromatic rings. The molecule has 102 valence electrons. The van der Waals surface area contributed by atoms with Crippen LogP contribution < -0.4 is 5.32 Å². The van der Waals surface area contributed by atoms with E-state index in [0.717, 1.165) is 12.3 Å². The molecular weight excluding hydrogens is 238 g/mol. The van der Waals surface area contributed by atoms with Crippen LogP contribution in [0.4, 0.5) is 0 Å². The fourth-order valence-electron chi connectivity index (χ4n) is 1.92. The van der Waals surface area contributed by atoms with Crippen LogP contribution in [-0.4, -0.2) is 17.5 Å². The largest absolute Gasteiger partial charge is 0.310 e. The molecule has 1 nitrogen and oxygen atoms in total. The van der Waals surface area contributed by atoms with Gasteiger partial charge in [0.1, 0.15) is 0 Å². The van der Waals surface area contributed by atoms with E-state index >= 15 is 0 Å². The summed E-state index contributed by atoms with van der Waals surface area (Å²) in [7, 11) is 0. The third-order valence-corrected chi connectivity index (χ3v) is 4.24. The Morgan fingerprint density at radius 1 is 1.00 bits per heavy atom. The minimum absolute atomic E-state index is 0.476. The molecule has 0 bridgehead atoms. The second-order valence-electron chi connectivity index (χ2n) is 5.31. The first kappa shape index (κ1) is 15.6. The van der Waals surface area contributed by atoms with Gasteiger partial charge in [-0.2, -0.15) is 11.8 Å². The summed E-state index contributed by atoms with van der Waals surface area (Å²) in [5, 5.41) is 4.28. The Labute approximate surface area is 117 Å². The molecule has 0 fully saturated rings. The summed E-state index contributed by atoms with van der Waals surface area (Å²) >= 11 is 2.02. The summed E-state index contributed by atoms with van der Waals surface area (Å²) in [4.78, 5) is 0. The average molecular weight is 265 g/mol. The first-order valence-electron chi connectivity index (χ1n) is 6.99. The molecule has 2 heteroatoms. The Morgan fingerprint density at radius 2 is 1.56 bits per heavy atom. The minimum Gasteiger partial charge on any atom is -0.310 e. The maximum absolute atomic E-state index is 3.58. The molecule has 1 rings (SSSR count). The number of nitrogens with one attached hydrogen (secondary N) is 1. The summed E-state index contributed by atoms with van der Waals surface area (Å²) in [6.45, 7) is 12.2. The van der Waals surface area contributed by atoms with Gasteiger partial charge in [-0.05, 0) is 28.8 Å². The zero-order chi connectivity index (χ0) is 13.5. The molecule has 0 aliphatic heterocycles. The number of rotatable bonds is 7. The first-order valence-corrected chi connectivity index (χ1v) is 8.04. The van der Waals surface area contributed by atoms with Gasteiger partial charge in [-0.3, -0.25) is 0 Å². The van der Waals surface area contributed by atoms with Gasteiger partial charge in [0, 0.05) is 11.8 Å². The van der Waals surface area contributed by atoms with Gasteiger partial charge in [0.15, 0.2) is 0 Å². The van der Waals surface area contributed by atoms with Crippen molar-refractivity contribution in [3.8, 4) is 0 Å². The molecule has 0 spiro atoms. The van der Waals surface area contributed by atoms with Crippen molar-refractivity contribution in [2.75, 3.05) is 12.3 Å². The average Bonchev–Trinajstić information content (AvgIpc) is 2.34. The fourth-order valence-corrected chi connectivity index (χ4v) is 2.81. The summed E-state index contributed by atoms with van der Waals surface area (Å²) in [6, 6.07) is 9.57. The lowest BCUT2D eigenvalue weighted by atomic mass is 9.99. The van der Waals surface area contributed by atoms with Crippen molar-refractivity contribution in [2.45, 2.75) is 51.8 Å². The molecule has 1 atom stereocenters. The summed E-state index contributed by atoms with van der Waals surface area (Å²) < 4.78 is 0. The molecule has 0 heterocycles. The lowest BCUT2D eigenvalue weighted by Crippen LogP contribution is -2.23. The van der Waals surface area contributed by atoms with Gasteiger partial charge in [0.2, 0.25) is 0 Å². The third kappa shape index (κ3) is 5.03. The molecule has 0 aromatic heterocycles. The van der Waals surface area contributed by atoms with E-state index in [-0.39, 0.29) is 0 Å². The van der Waals surface area contributed by atoms with E-state index in [0.29, 0.717) is 17.2 Å². The van der Waals surface area contributed by atoms with Gasteiger partial charge >= 0.3 is 0 Å². The van der Waals surface area contributed by atoms with Crippen LogP contribution in [0, 0.1) is 0 Å². The van der Waals surface area contributed by atoms with Crippen molar-refractivity contribution >= 4 is 11.8 Å². The molecule has 18 heavy (non-hydrogen) atoms. The standard InChI is InChI=1S/C16H27NS/c1-6-17-16(11-18-13(4)5)15-9-7-14(8-10-15)12(2)3/h7-10,12-13,16-17H,6,11H2,1-5H3. The van der Waals surface area contributed by atoms with Crippen LogP contribution in [0.15, 0.2) is 24.3 Å². The maximum Gasteiger partial charge on any atom is 0.0411 e. The maximum atomic E-state index is 3.58. The van der Waals surface area contributed by atoms with Gasteiger partial charge in [0.05, 0.1) is 0 Å². The number of benzene rings is 1. The van der Waals surface area contributed by atoms with E-state index in [2.05, 4.69) is 64.2 Å². The third-order valence-electron chi connectivity index (χ3n) is 3.05. The van der Waals surface area contributed by atoms with E-state index in [1.165, 1.54) is 11.1 Å². The highest BCUT2D eigenvalue weighted by Crippen LogP contribution is 2.23. The quantitative estimate of drug-likeness (QED) is 0.773. The van der Waals surface area contributed by atoms with Gasteiger partial charge in [0.25, 0.3) is 0 Å². The molecule has 1 aromatic carbocycles. The van der Waals surface area contributed by atoms with E-state index in [1.54, 1.807) is 0 Å². The van der Waals surface area contributed by atoms with Crippen LogP contribution in [0.5, 0.6) is 0 Å². The Balaban J connectivity index is 2.72. The second-order valence-corrected chi connectivity index (χ2v) is 6.92. The minimum atomic E-state index is 0.476. The van der Waals surface area contributed by atoms with Crippen LogP contribution in [-0.2, 0) is 0 Å². The number of hydrogen-bond donors (Lipinski definition) is 1. The lowest BCUT2D eigenvalue weighted by Gasteiger charge is -2.20. The fraction of sp³-hybridized carbons (Fsp3) is 0.625. The lowest BCUT2D eigenvalue weighted by molar-refractivity contribution is 0.605. The monoisotopic (exact) mass is 265 g/mol. The zero-order valence-corrected chi connectivity index (χ0v) is 13.2. The highest BCUT2D eigenvalue weighted by atomic mass is 32.2. The summed E-state index contributed by atoms with van der Waals surface area (Å²) in [5.41, 5.74) is 2.83. The van der Waals surface area contributed by atoms with Crippen LogP contribution >= 0.6 is 11.8 Å². The second kappa shape index (κ2) is 7.85. The topological polar surface area (TPSA) is 12.0 Å². The molecule has 0 saturated heterocycles. The van der Waals surface area contributed by atoms with Gasteiger partial charge < -0.3 is 5.32 Å². The summed E-state index contributed by atoms with van der Waals surface area (Å²) in [5.74, 6) is 1.76. The molecule has 0 aliphatic rings. The van der Waals surface area contributed by atoms with Crippen molar-refractivity contribution in [1.29, 1.82) is 0 Å². The summed E-state index contributed by atoms with van der Waals surface area (Å²) in [6.07, 6.45) is 0. The van der Waals surface area contributed by atoms with E-state index < -0.39 is 0 Å². The highest BCUT2D eigenvalue weighted by molar-refractivity contribution is 7.99. The van der Waals surface area contributed by atoms with Crippen LogP contribution in [0.2, 0.25) is 0 Å². The van der Waals surface area contributed by atoms with E-state index in [9.17, 15) is 0 Å².